The zero-order chi connectivity index (χ0) is 16.5. The zero-order valence-corrected chi connectivity index (χ0v) is 13.3. The Labute approximate surface area is 131 Å². The Balaban J connectivity index is 2.73. The van der Waals surface area contributed by atoms with Crippen molar-refractivity contribution in [1.82, 2.24) is 5.32 Å². The molecule has 5 heteroatoms. The maximum absolute atomic E-state index is 12.3. The van der Waals surface area contributed by atoms with Crippen LogP contribution in [0.2, 0.25) is 0 Å². The van der Waals surface area contributed by atoms with Crippen molar-refractivity contribution in [3.63, 3.8) is 0 Å². The summed E-state index contributed by atoms with van der Waals surface area (Å²) >= 11 is 0. The lowest BCUT2D eigenvalue weighted by molar-refractivity contribution is -0.143. The average Bonchev–Trinajstić information content (AvgIpc) is 2.48. The first-order valence-corrected chi connectivity index (χ1v) is 7.32. The Kier molecular flexibility index (Phi) is 7.11. The number of nitrogens with one attached hydrogen (secondary N) is 1. The molecule has 0 saturated heterocycles. The molecule has 0 aliphatic rings. The predicted molar refractivity (Wildman–Crippen MR) is 83.3 cm³/mol. The van der Waals surface area contributed by atoms with Gasteiger partial charge in [0.2, 0.25) is 0 Å². The van der Waals surface area contributed by atoms with Gasteiger partial charge in [0.15, 0.2) is 0 Å². The summed E-state index contributed by atoms with van der Waals surface area (Å²) in [5, 5.41) is 11.2. The molecule has 118 valence electrons. The fourth-order valence-electron chi connectivity index (χ4n) is 2.29. The molecular weight excluding hydrogens is 280 g/mol. The average molecular weight is 302 g/mol. The monoisotopic (exact) mass is 302 g/mol. The van der Waals surface area contributed by atoms with Gasteiger partial charge in [0.1, 0.15) is 6.04 Å². The molecule has 0 bridgehead atoms. The van der Waals surface area contributed by atoms with E-state index in [4.69, 9.17) is 10.00 Å². The maximum atomic E-state index is 12.3. The van der Waals surface area contributed by atoms with Crippen molar-refractivity contribution < 1.29 is 14.3 Å². The summed E-state index contributed by atoms with van der Waals surface area (Å²) < 4.78 is 4.73. The van der Waals surface area contributed by atoms with Gasteiger partial charge in [-0.3, -0.25) is 4.79 Å². The quantitative estimate of drug-likeness (QED) is 0.620. The number of nitrogens with zero attached hydrogens (tertiary/aromatic N) is 1. The lowest BCUT2D eigenvalue weighted by Gasteiger charge is -2.16. The van der Waals surface area contributed by atoms with Crippen LogP contribution in [-0.4, -0.2) is 25.0 Å². The molecule has 1 rings (SSSR count). The zero-order valence-electron chi connectivity index (χ0n) is 13.3. The van der Waals surface area contributed by atoms with E-state index in [1.807, 2.05) is 19.9 Å². The molecule has 0 radical (unpaired) electrons. The minimum absolute atomic E-state index is 0.289. The number of nitriles is 1. The molecule has 0 saturated carbocycles. The van der Waals surface area contributed by atoms with E-state index in [1.54, 1.807) is 12.1 Å². The molecule has 0 heterocycles. The van der Waals surface area contributed by atoms with E-state index < -0.39 is 12.0 Å². The molecule has 1 atom stereocenters. The second kappa shape index (κ2) is 8.83. The smallest absolute Gasteiger partial charge is 0.328 e. The van der Waals surface area contributed by atoms with Crippen molar-refractivity contribution in [3.8, 4) is 6.07 Å². The fraction of sp³-hybridized carbons (Fsp3) is 0.471. The highest BCUT2D eigenvalue weighted by Crippen LogP contribution is 2.11. The normalized spacial score (nSPS) is 11.4. The Morgan fingerprint density at radius 2 is 1.86 bits per heavy atom. The number of ether oxygens (including phenoxy) is 1. The molecule has 0 spiro atoms. The molecule has 5 nitrogen and oxygen atoms in total. The van der Waals surface area contributed by atoms with Crippen LogP contribution >= 0.6 is 0 Å². The minimum atomic E-state index is -0.683. The number of carbonyl (C=O) groups excluding carboxylic acids is 2. The van der Waals surface area contributed by atoms with Gasteiger partial charge in [0.25, 0.3) is 5.91 Å². The van der Waals surface area contributed by atoms with Crippen LogP contribution in [0.15, 0.2) is 18.2 Å². The van der Waals surface area contributed by atoms with Crippen molar-refractivity contribution in [2.24, 2.45) is 0 Å². The van der Waals surface area contributed by atoms with Gasteiger partial charge in [-0.05, 0) is 45.2 Å². The number of amides is 1. The highest BCUT2D eigenvalue weighted by Gasteiger charge is 2.21. The molecular formula is C17H22N2O3. The van der Waals surface area contributed by atoms with E-state index in [9.17, 15) is 9.59 Å². The molecule has 0 aliphatic heterocycles. The van der Waals surface area contributed by atoms with Crippen LogP contribution in [0, 0.1) is 25.2 Å². The second-order valence-corrected chi connectivity index (χ2v) is 5.33. The number of carbonyl (C=O) groups is 2. The summed E-state index contributed by atoms with van der Waals surface area (Å²) in [6, 6.07) is 6.93. The summed E-state index contributed by atoms with van der Waals surface area (Å²) in [4.78, 5) is 24.1. The number of unbranched alkanes of at least 4 members (excludes halogenated alkanes) is 2. The number of esters is 1. The molecule has 1 aromatic carbocycles. The minimum Gasteiger partial charge on any atom is -0.467 e. The van der Waals surface area contributed by atoms with Crippen LogP contribution in [0.5, 0.6) is 0 Å². The Morgan fingerprint density at radius 1 is 1.23 bits per heavy atom. The summed E-state index contributed by atoms with van der Waals surface area (Å²) in [6.07, 6.45) is 2.29. The molecule has 0 aromatic heterocycles. The molecule has 1 amide bonds. The molecule has 22 heavy (non-hydrogen) atoms. The van der Waals surface area contributed by atoms with Crippen molar-refractivity contribution in [2.75, 3.05) is 7.11 Å². The van der Waals surface area contributed by atoms with Gasteiger partial charge in [0.05, 0.1) is 13.2 Å². The van der Waals surface area contributed by atoms with E-state index in [0.29, 0.717) is 31.2 Å². The summed E-state index contributed by atoms with van der Waals surface area (Å²) in [6.45, 7) is 3.84. The SMILES string of the molecule is COC(=O)[C@H](CCCCC#N)NC(=O)c1cc(C)cc(C)c1. The third-order valence-corrected chi connectivity index (χ3v) is 3.31. The molecule has 1 aromatic rings. The third-order valence-electron chi connectivity index (χ3n) is 3.31. The number of hydrogen-bond acceptors (Lipinski definition) is 4. The topological polar surface area (TPSA) is 79.2 Å². The van der Waals surface area contributed by atoms with Crippen LogP contribution in [0.25, 0.3) is 0 Å². The number of rotatable bonds is 7. The summed E-state index contributed by atoms with van der Waals surface area (Å²) in [7, 11) is 1.30. The fourth-order valence-corrected chi connectivity index (χ4v) is 2.29. The Hall–Kier alpha value is -2.35. The number of aryl methyl sites for hydroxylation is 2. The first kappa shape index (κ1) is 17.7. The lowest BCUT2D eigenvalue weighted by Crippen LogP contribution is -2.41. The van der Waals surface area contributed by atoms with Crippen molar-refractivity contribution in [3.05, 3.63) is 34.9 Å². The van der Waals surface area contributed by atoms with Crippen LogP contribution in [0.1, 0.15) is 47.2 Å². The summed E-state index contributed by atoms with van der Waals surface area (Å²) in [5.41, 5.74) is 2.52. The van der Waals surface area contributed by atoms with E-state index >= 15 is 0 Å². The van der Waals surface area contributed by atoms with Gasteiger partial charge >= 0.3 is 5.97 Å². The van der Waals surface area contributed by atoms with E-state index in [2.05, 4.69) is 11.4 Å². The highest BCUT2D eigenvalue weighted by molar-refractivity contribution is 5.97. The largest absolute Gasteiger partial charge is 0.467 e. The molecule has 0 unspecified atom stereocenters. The van der Waals surface area contributed by atoms with E-state index in [-0.39, 0.29) is 5.91 Å². The maximum Gasteiger partial charge on any atom is 0.328 e. The number of methoxy groups -OCH3 is 1. The van der Waals surface area contributed by atoms with Crippen molar-refractivity contribution in [2.45, 2.75) is 45.6 Å². The first-order chi connectivity index (χ1) is 10.5. The van der Waals surface area contributed by atoms with Gasteiger partial charge in [-0.1, -0.05) is 17.2 Å². The second-order valence-electron chi connectivity index (χ2n) is 5.33. The van der Waals surface area contributed by atoms with Gasteiger partial charge in [0, 0.05) is 12.0 Å². The third kappa shape index (κ3) is 5.57. The van der Waals surface area contributed by atoms with Crippen LogP contribution in [-0.2, 0) is 9.53 Å². The molecule has 0 aliphatic carbocycles. The van der Waals surface area contributed by atoms with E-state index in [0.717, 1.165) is 11.1 Å². The van der Waals surface area contributed by atoms with Crippen LogP contribution in [0.3, 0.4) is 0 Å². The number of hydrogen-bond donors (Lipinski definition) is 1. The van der Waals surface area contributed by atoms with Crippen LogP contribution in [0.4, 0.5) is 0 Å². The first-order valence-electron chi connectivity index (χ1n) is 7.32. The standard InChI is InChI=1S/C17H22N2O3/c1-12-9-13(2)11-14(10-12)16(20)19-15(17(21)22-3)7-5-4-6-8-18/h9-11,15H,4-7H2,1-3H3,(H,19,20)/t15-/m0/s1. The Morgan fingerprint density at radius 3 is 2.41 bits per heavy atom. The van der Waals surface area contributed by atoms with Gasteiger partial charge in [-0.2, -0.15) is 5.26 Å². The van der Waals surface area contributed by atoms with Gasteiger partial charge in [-0.15, -0.1) is 0 Å². The summed E-state index contributed by atoms with van der Waals surface area (Å²) in [5.74, 6) is -0.753. The van der Waals surface area contributed by atoms with Crippen LogP contribution < -0.4 is 5.32 Å². The number of benzene rings is 1. The van der Waals surface area contributed by atoms with E-state index in [1.165, 1.54) is 7.11 Å². The lowest BCUT2D eigenvalue weighted by atomic mass is 10.0. The molecule has 1 N–H and O–H groups in total. The Bertz CT molecular complexity index is 556. The van der Waals surface area contributed by atoms with Crippen molar-refractivity contribution >= 4 is 11.9 Å². The van der Waals surface area contributed by atoms with Crippen molar-refractivity contribution in [1.29, 1.82) is 5.26 Å². The highest BCUT2D eigenvalue weighted by atomic mass is 16.5. The predicted octanol–water partition coefficient (Wildman–Crippen LogP) is 2.66. The van der Waals surface area contributed by atoms with Gasteiger partial charge < -0.3 is 10.1 Å². The van der Waals surface area contributed by atoms with Gasteiger partial charge in [-0.25, -0.2) is 4.79 Å². The molecule has 0 fully saturated rings.